The molecule has 0 spiro atoms. The third-order valence-corrected chi connectivity index (χ3v) is 6.66. The van der Waals surface area contributed by atoms with E-state index in [1.165, 1.54) is 6.07 Å². The summed E-state index contributed by atoms with van der Waals surface area (Å²) < 4.78 is 18.9. The maximum atomic E-state index is 13.8. The van der Waals surface area contributed by atoms with Crippen LogP contribution in [0.2, 0.25) is 0 Å². The molecule has 3 amide bonds. The van der Waals surface area contributed by atoms with Gasteiger partial charge in [-0.2, -0.15) is 0 Å². The Morgan fingerprint density at radius 2 is 1.76 bits per heavy atom. The number of pyridine rings is 1. The molecule has 1 fully saturated rings. The number of carbonyl (C=O) groups is 2. The van der Waals surface area contributed by atoms with Crippen molar-refractivity contribution in [1.82, 2.24) is 21.2 Å². The van der Waals surface area contributed by atoms with Gasteiger partial charge >= 0.3 is 6.03 Å². The van der Waals surface area contributed by atoms with Gasteiger partial charge in [-0.25, -0.2) is 14.6 Å². The molecule has 2 aromatic carbocycles. The Kier molecular flexibility index (Phi) is 7.25. The predicted molar refractivity (Wildman–Crippen MR) is 128 cm³/mol. The highest BCUT2D eigenvalue weighted by molar-refractivity contribution is 5.95. The molecular formula is C26H29FN4O3. The Bertz CT molecular complexity index is 1160. The van der Waals surface area contributed by atoms with E-state index in [1.807, 2.05) is 13.0 Å². The van der Waals surface area contributed by atoms with Gasteiger partial charge < -0.3 is 10.1 Å². The molecule has 8 heteroatoms. The molecule has 1 aromatic heterocycles. The van der Waals surface area contributed by atoms with Crippen molar-refractivity contribution in [2.24, 2.45) is 5.92 Å². The zero-order chi connectivity index (χ0) is 24.1. The fourth-order valence-electron chi connectivity index (χ4n) is 4.71. The van der Waals surface area contributed by atoms with Crippen molar-refractivity contribution in [1.29, 1.82) is 0 Å². The van der Waals surface area contributed by atoms with E-state index in [9.17, 15) is 14.0 Å². The molecule has 3 N–H and O–H groups in total. The summed E-state index contributed by atoms with van der Waals surface area (Å²) in [7, 11) is 1.55. The molecular weight excluding hydrogens is 435 g/mol. The maximum Gasteiger partial charge on any atom is 0.333 e. The number of hydrogen-bond donors (Lipinski definition) is 3. The quantitative estimate of drug-likeness (QED) is 0.478. The van der Waals surface area contributed by atoms with Gasteiger partial charge in [0.2, 0.25) is 0 Å². The Morgan fingerprint density at radius 1 is 1.03 bits per heavy atom. The van der Waals surface area contributed by atoms with Gasteiger partial charge in [-0.1, -0.05) is 0 Å². The van der Waals surface area contributed by atoms with Crippen LogP contribution in [-0.2, 0) is 0 Å². The van der Waals surface area contributed by atoms with E-state index in [-0.39, 0.29) is 11.9 Å². The number of benzene rings is 2. The first-order valence-electron chi connectivity index (χ1n) is 11.5. The van der Waals surface area contributed by atoms with E-state index in [0.29, 0.717) is 23.1 Å². The van der Waals surface area contributed by atoms with Crippen LogP contribution in [0, 0.1) is 11.7 Å². The zero-order valence-corrected chi connectivity index (χ0v) is 19.3. The SMILES string of the molecule is COc1ccc(C(=O)NNC(=O)N[C@H](C)C2CCC(c3ccnc4ccc(F)cc34)CC2)cc1. The summed E-state index contributed by atoms with van der Waals surface area (Å²) in [5.74, 6) is 0.651. The third-order valence-electron chi connectivity index (χ3n) is 6.66. The van der Waals surface area contributed by atoms with Crippen LogP contribution in [0.4, 0.5) is 9.18 Å². The number of nitrogens with one attached hydrogen (secondary N) is 3. The first-order valence-corrected chi connectivity index (χ1v) is 11.5. The molecule has 7 nitrogen and oxygen atoms in total. The average Bonchev–Trinajstić information content (AvgIpc) is 2.87. The van der Waals surface area contributed by atoms with E-state index >= 15 is 0 Å². The van der Waals surface area contributed by atoms with E-state index in [4.69, 9.17) is 4.74 Å². The molecule has 3 aromatic rings. The smallest absolute Gasteiger partial charge is 0.333 e. The molecule has 0 aliphatic heterocycles. The fraction of sp³-hybridized carbons (Fsp3) is 0.346. The number of urea groups is 1. The number of rotatable bonds is 5. The first-order chi connectivity index (χ1) is 16.4. The molecule has 1 saturated carbocycles. The van der Waals surface area contributed by atoms with Crippen molar-refractivity contribution in [2.45, 2.75) is 44.6 Å². The van der Waals surface area contributed by atoms with E-state index < -0.39 is 11.9 Å². The lowest BCUT2D eigenvalue weighted by Gasteiger charge is -2.33. The van der Waals surface area contributed by atoms with Crippen molar-refractivity contribution in [3.63, 3.8) is 0 Å². The maximum absolute atomic E-state index is 13.8. The molecule has 0 radical (unpaired) electrons. The van der Waals surface area contributed by atoms with Crippen molar-refractivity contribution in [3.05, 3.63) is 71.7 Å². The fourth-order valence-corrected chi connectivity index (χ4v) is 4.71. The van der Waals surface area contributed by atoms with Gasteiger partial charge in [0.05, 0.1) is 12.6 Å². The van der Waals surface area contributed by atoms with Crippen LogP contribution in [0.5, 0.6) is 5.75 Å². The summed E-state index contributed by atoms with van der Waals surface area (Å²) >= 11 is 0. The molecule has 1 aliphatic carbocycles. The predicted octanol–water partition coefficient (Wildman–Crippen LogP) is 4.69. The highest BCUT2D eigenvalue weighted by atomic mass is 19.1. The summed E-state index contributed by atoms with van der Waals surface area (Å²) in [6.45, 7) is 1.98. The molecule has 1 atom stereocenters. The lowest BCUT2D eigenvalue weighted by molar-refractivity contribution is 0.0935. The highest BCUT2D eigenvalue weighted by Gasteiger charge is 2.28. The summed E-state index contributed by atoms with van der Waals surface area (Å²) in [6, 6.07) is 12.8. The van der Waals surface area contributed by atoms with Gasteiger partial charge in [-0.3, -0.25) is 15.2 Å². The Hall–Kier alpha value is -3.68. The van der Waals surface area contributed by atoms with E-state index in [1.54, 1.807) is 49.7 Å². The lowest BCUT2D eigenvalue weighted by Crippen LogP contribution is -2.51. The number of aromatic nitrogens is 1. The normalized spacial score (nSPS) is 18.7. The number of fused-ring (bicyclic) bond motifs is 1. The molecule has 1 aliphatic rings. The zero-order valence-electron chi connectivity index (χ0n) is 19.3. The molecule has 0 bridgehead atoms. The highest BCUT2D eigenvalue weighted by Crippen LogP contribution is 2.39. The Balaban J connectivity index is 1.26. The first kappa shape index (κ1) is 23.5. The van der Waals surface area contributed by atoms with Crippen LogP contribution in [0.1, 0.15) is 54.4 Å². The second-order valence-corrected chi connectivity index (χ2v) is 8.74. The number of ether oxygens (including phenoxy) is 1. The van der Waals surface area contributed by atoms with Gasteiger partial charge in [-0.05, 0) is 98.5 Å². The lowest BCUT2D eigenvalue weighted by atomic mass is 9.75. The second kappa shape index (κ2) is 10.5. The number of carbonyl (C=O) groups excluding carboxylic acids is 2. The van der Waals surface area contributed by atoms with Gasteiger partial charge in [-0.15, -0.1) is 0 Å². The molecule has 34 heavy (non-hydrogen) atoms. The van der Waals surface area contributed by atoms with Gasteiger partial charge in [0.15, 0.2) is 0 Å². The minimum Gasteiger partial charge on any atom is -0.497 e. The Morgan fingerprint density at radius 3 is 2.47 bits per heavy atom. The van der Waals surface area contributed by atoms with Crippen LogP contribution in [0.15, 0.2) is 54.7 Å². The van der Waals surface area contributed by atoms with Crippen LogP contribution in [0.3, 0.4) is 0 Å². The van der Waals surface area contributed by atoms with Gasteiger partial charge in [0, 0.05) is 23.2 Å². The topological polar surface area (TPSA) is 92.4 Å². The van der Waals surface area contributed by atoms with Crippen LogP contribution >= 0.6 is 0 Å². The number of nitrogens with zero attached hydrogens (tertiary/aromatic N) is 1. The van der Waals surface area contributed by atoms with Crippen molar-refractivity contribution >= 4 is 22.8 Å². The monoisotopic (exact) mass is 464 g/mol. The average molecular weight is 465 g/mol. The number of amides is 3. The number of hydrazine groups is 1. The molecule has 0 saturated heterocycles. The van der Waals surface area contributed by atoms with Gasteiger partial charge in [0.25, 0.3) is 5.91 Å². The van der Waals surface area contributed by atoms with Crippen molar-refractivity contribution in [2.75, 3.05) is 7.11 Å². The number of hydrogen-bond acceptors (Lipinski definition) is 4. The summed E-state index contributed by atoms with van der Waals surface area (Å²) in [5.41, 5.74) is 7.20. The minimum atomic E-state index is -0.452. The largest absolute Gasteiger partial charge is 0.497 e. The van der Waals surface area contributed by atoms with Crippen molar-refractivity contribution in [3.8, 4) is 5.75 Å². The minimum absolute atomic E-state index is 0.0505. The standard InChI is InChI=1S/C26H29FN4O3/c1-16(29-26(33)31-30-25(32)19-7-10-21(34-2)11-8-19)17-3-5-18(6-4-17)22-13-14-28-24-12-9-20(27)15-23(22)24/h7-18H,3-6H2,1-2H3,(H,30,32)(H2,29,31,33)/t16-,17?,18?/m1/s1. The molecule has 178 valence electrons. The summed E-state index contributed by atoms with van der Waals surface area (Å²) in [6.07, 6.45) is 5.60. The number of halogens is 1. The summed E-state index contributed by atoms with van der Waals surface area (Å²) in [4.78, 5) is 28.8. The van der Waals surface area contributed by atoms with E-state index in [2.05, 4.69) is 21.2 Å². The second-order valence-electron chi connectivity index (χ2n) is 8.74. The molecule has 0 unspecified atom stereocenters. The molecule has 4 rings (SSSR count). The van der Waals surface area contributed by atoms with Crippen molar-refractivity contribution < 1.29 is 18.7 Å². The molecule has 1 heterocycles. The Labute approximate surface area is 198 Å². The number of methoxy groups -OCH3 is 1. The van der Waals surface area contributed by atoms with Crippen LogP contribution in [0.25, 0.3) is 10.9 Å². The van der Waals surface area contributed by atoms with Gasteiger partial charge in [0.1, 0.15) is 11.6 Å². The van der Waals surface area contributed by atoms with E-state index in [0.717, 1.165) is 42.1 Å². The summed E-state index contributed by atoms with van der Waals surface area (Å²) in [5, 5.41) is 3.80. The van der Waals surface area contributed by atoms with Crippen LogP contribution in [-0.4, -0.2) is 30.1 Å². The van der Waals surface area contributed by atoms with Crippen LogP contribution < -0.4 is 20.9 Å². The third kappa shape index (κ3) is 5.44.